The van der Waals surface area contributed by atoms with E-state index in [0.29, 0.717) is 0 Å². The summed E-state index contributed by atoms with van der Waals surface area (Å²) in [6.07, 6.45) is 0. The minimum Gasteiger partial charge on any atom is -0.455 e. The molecule has 9 aromatic carbocycles. The molecule has 0 radical (unpaired) electrons. The lowest BCUT2D eigenvalue weighted by atomic mass is 9.82. The Bertz CT molecular complexity index is 3440. The number of fused-ring (bicyclic) bond motifs is 11. The normalized spacial score (nSPS) is 13.1. The average Bonchev–Trinajstić information content (AvgIpc) is 3.92. The zero-order valence-electron chi connectivity index (χ0n) is 32.2. The lowest BCUT2D eigenvalue weighted by Gasteiger charge is -2.29. The van der Waals surface area contributed by atoms with Gasteiger partial charge in [-0.15, -0.1) is 11.3 Å². The Morgan fingerprint density at radius 3 is 2.02 bits per heavy atom. The summed E-state index contributed by atoms with van der Waals surface area (Å²) in [6.45, 7) is 4.72. The minimum atomic E-state index is -0.0884. The lowest BCUT2D eigenvalue weighted by Crippen LogP contribution is -2.14. The van der Waals surface area contributed by atoms with Crippen molar-refractivity contribution < 1.29 is 4.42 Å². The quantitative estimate of drug-likeness (QED) is 0.174. The van der Waals surface area contributed by atoms with Crippen LogP contribution >= 0.6 is 11.3 Å². The zero-order valence-corrected chi connectivity index (χ0v) is 33.0. The number of benzene rings is 9. The molecule has 3 heteroatoms. The maximum absolute atomic E-state index is 6.58. The molecule has 0 saturated heterocycles. The van der Waals surface area contributed by atoms with Gasteiger partial charge in [0.1, 0.15) is 11.2 Å². The highest BCUT2D eigenvalue weighted by molar-refractivity contribution is 7.25. The third-order valence-corrected chi connectivity index (χ3v) is 13.6. The molecule has 2 nitrogen and oxygen atoms in total. The van der Waals surface area contributed by atoms with Crippen LogP contribution in [-0.4, -0.2) is 0 Å². The van der Waals surface area contributed by atoms with E-state index >= 15 is 0 Å². The first kappa shape index (κ1) is 33.2. The van der Waals surface area contributed by atoms with Gasteiger partial charge in [0.05, 0.1) is 5.69 Å². The summed E-state index contributed by atoms with van der Waals surface area (Å²) in [6, 6.07) is 68.9. The summed E-state index contributed by atoms with van der Waals surface area (Å²) in [7, 11) is 0. The van der Waals surface area contributed by atoms with Gasteiger partial charge < -0.3 is 9.32 Å². The summed E-state index contributed by atoms with van der Waals surface area (Å²) in [5, 5.41) is 7.21. The van der Waals surface area contributed by atoms with E-state index < -0.39 is 0 Å². The van der Waals surface area contributed by atoms with Gasteiger partial charge in [0.15, 0.2) is 0 Å². The first-order valence-electron chi connectivity index (χ1n) is 20.0. The van der Waals surface area contributed by atoms with E-state index in [2.05, 4.69) is 207 Å². The van der Waals surface area contributed by atoms with Gasteiger partial charge in [0, 0.05) is 58.7 Å². The maximum atomic E-state index is 6.58. The van der Waals surface area contributed by atoms with Crippen molar-refractivity contribution in [1.82, 2.24) is 0 Å². The molecular formula is C55H37NOS. The van der Waals surface area contributed by atoms with Gasteiger partial charge in [-0.2, -0.15) is 0 Å². The van der Waals surface area contributed by atoms with Crippen LogP contribution in [0.15, 0.2) is 192 Å². The summed E-state index contributed by atoms with van der Waals surface area (Å²) >= 11 is 1.86. The van der Waals surface area contributed by atoms with E-state index in [1.165, 1.54) is 58.9 Å². The SMILES string of the molecule is CC1(C)c2ccccc2-c2c(-c3ccccc3N(c3ccc(-c4cccc5oc6c7ccccc7ccc6c45)cc3)c3ccc4c(c3)sc3ccccc34)cccc21. The molecule has 0 aliphatic heterocycles. The summed E-state index contributed by atoms with van der Waals surface area (Å²) in [4.78, 5) is 2.45. The van der Waals surface area contributed by atoms with E-state index in [1.807, 2.05) is 11.3 Å². The van der Waals surface area contributed by atoms with E-state index in [-0.39, 0.29) is 5.41 Å². The Kier molecular flexibility index (Phi) is 7.18. The molecule has 0 bridgehead atoms. The first-order valence-corrected chi connectivity index (χ1v) is 20.8. The predicted octanol–water partition coefficient (Wildman–Crippen LogP) is 16.2. The predicted molar refractivity (Wildman–Crippen MR) is 247 cm³/mol. The minimum absolute atomic E-state index is 0.0884. The fraction of sp³-hybridized carbons (Fsp3) is 0.0545. The molecule has 0 unspecified atom stereocenters. The van der Waals surface area contributed by atoms with Crippen LogP contribution in [0.4, 0.5) is 17.1 Å². The number of rotatable bonds is 5. The van der Waals surface area contributed by atoms with Crippen molar-refractivity contribution in [3.05, 3.63) is 199 Å². The third-order valence-electron chi connectivity index (χ3n) is 12.5. The molecule has 0 fully saturated rings. The number of nitrogens with zero attached hydrogens (tertiary/aromatic N) is 1. The highest BCUT2D eigenvalue weighted by Gasteiger charge is 2.37. The molecule has 0 atom stereocenters. The molecule has 11 aromatic rings. The second-order valence-corrected chi connectivity index (χ2v) is 17.1. The fourth-order valence-corrected chi connectivity index (χ4v) is 10.9. The number of thiophene rings is 1. The van der Waals surface area contributed by atoms with E-state index in [4.69, 9.17) is 4.42 Å². The fourth-order valence-electron chi connectivity index (χ4n) is 9.74. The van der Waals surface area contributed by atoms with Crippen LogP contribution in [0.1, 0.15) is 25.0 Å². The largest absolute Gasteiger partial charge is 0.455 e. The number of anilines is 3. The van der Waals surface area contributed by atoms with Gasteiger partial charge in [-0.05, 0) is 92.9 Å². The number of furan rings is 1. The summed E-state index contributed by atoms with van der Waals surface area (Å²) < 4.78 is 9.16. The van der Waals surface area contributed by atoms with Gasteiger partial charge >= 0.3 is 0 Å². The van der Waals surface area contributed by atoms with Crippen molar-refractivity contribution in [1.29, 1.82) is 0 Å². The van der Waals surface area contributed by atoms with Crippen LogP contribution in [0, 0.1) is 0 Å². The Morgan fingerprint density at radius 1 is 0.466 bits per heavy atom. The van der Waals surface area contributed by atoms with E-state index in [0.717, 1.165) is 55.5 Å². The standard InChI is InChI=1S/C55H37NOS/c1-55(2)46-20-8-5-17-44(46)52-43(19-11-21-47(52)55)40-15-6-9-22-48(40)56(37-30-32-42-41-16-7-10-24-50(41)58-51(42)33-37)36-28-25-35(26-29-36)38-18-12-23-49-53(38)45-31-27-34-13-3-4-14-39(34)54(45)57-49/h3-33H,1-2H3. The highest BCUT2D eigenvalue weighted by atomic mass is 32.1. The molecule has 274 valence electrons. The van der Waals surface area contributed by atoms with Crippen LogP contribution in [0.5, 0.6) is 0 Å². The van der Waals surface area contributed by atoms with Crippen LogP contribution in [-0.2, 0) is 5.41 Å². The zero-order chi connectivity index (χ0) is 38.5. The molecule has 1 aliphatic carbocycles. The smallest absolute Gasteiger partial charge is 0.143 e. The van der Waals surface area contributed by atoms with Crippen LogP contribution < -0.4 is 4.90 Å². The monoisotopic (exact) mass is 759 g/mol. The van der Waals surface area contributed by atoms with Crippen molar-refractivity contribution in [2.45, 2.75) is 19.3 Å². The number of hydrogen-bond acceptors (Lipinski definition) is 3. The molecule has 0 N–H and O–H groups in total. The van der Waals surface area contributed by atoms with Gasteiger partial charge in [-0.25, -0.2) is 0 Å². The Hall–Kier alpha value is -6.94. The number of para-hydroxylation sites is 1. The summed E-state index contributed by atoms with van der Waals surface area (Å²) in [5.41, 5.74) is 15.3. The third kappa shape index (κ3) is 4.84. The van der Waals surface area contributed by atoms with E-state index in [9.17, 15) is 0 Å². The van der Waals surface area contributed by atoms with Gasteiger partial charge in [0.25, 0.3) is 0 Å². The summed E-state index contributed by atoms with van der Waals surface area (Å²) in [5.74, 6) is 0. The molecule has 0 saturated carbocycles. The van der Waals surface area contributed by atoms with Crippen molar-refractivity contribution in [2.75, 3.05) is 4.90 Å². The molecule has 12 rings (SSSR count). The topological polar surface area (TPSA) is 16.4 Å². The molecular weight excluding hydrogens is 723 g/mol. The first-order chi connectivity index (χ1) is 28.5. The molecule has 0 amide bonds. The second kappa shape index (κ2) is 12.5. The molecule has 2 aromatic heterocycles. The van der Waals surface area contributed by atoms with Crippen LogP contribution in [0.2, 0.25) is 0 Å². The van der Waals surface area contributed by atoms with Gasteiger partial charge in [-0.3, -0.25) is 0 Å². The Balaban J connectivity index is 1.05. The van der Waals surface area contributed by atoms with Crippen LogP contribution in [0.3, 0.4) is 0 Å². The average molecular weight is 760 g/mol. The van der Waals surface area contributed by atoms with E-state index in [1.54, 1.807) is 0 Å². The molecule has 1 aliphatic rings. The Labute approximate surface area is 340 Å². The number of hydrogen-bond donors (Lipinski definition) is 0. The van der Waals surface area contributed by atoms with Gasteiger partial charge in [-0.1, -0.05) is 153 Å². The maximum Gasteiger partial charge on any atom is 0.143 e. The van der Waals surface area contributed by atoms with Crippen LogP contribution in [0.25, 0.3) is 86.3 Å². The lowest BCUT2D eigenvalue weighted by molar-refractivity contribution is 0.660. The van der Waals surface area contributed by atoms with Crippen molar-refractivity contribution >= 4 is 81.3 Å². The van der Waals surface area contributed by atoms with Crippen molar-refractivity contribution in [2.24, 2.45) is 0 Å². The highest BCUT2D eigenvalue weighted by Crippen LogP contribution is 2.54. The Morgan fingerprint density at radius 2 is 1.12 bits per heavy atom. The molecule has 58 heavy (non-hydrogen) atoms. The molecule has 0 spiro atoms. The van der Waals surface area contributed by atoms with Crippen molar-refractivity contribution in [3.8, 4) is 33.4 Å². The molecule has 2 heterocycles. The van der Waals surface area contributed by atoms with Crippen molar-refractivity contribution in [3.63, 3.8) is 0 Å². The second-order valence-electron chi connectivity index (χ2n) is 16.0. The van der Waals surface area contributed by atoms with Gasteiger partial charge in [0.2, 0.25) is 0 Å².